The molecule has 0 heterocycles. The molecule has 1 atom stereocenters. The summed E-state index contributed by atoms with van der Waals surface area (Å²) < 4.78 is 68.4. The van der Waals surface area contributed by atoms with Gasteiger partial charge in [0, 0.05) is 5.69 Å². The molecule has 0 aliphatic heterocycles. The number of nitrogens with one attached hydrogen (secondary N) is 1. The molecule has 0 saturated carbocycles. The van der Waals surface area contributed by atoms with Crippen molar-refractivity contribution < 1.29 is 36.2 Å². The van der Waals surface area contributed by atoms with Crippen LogP contribution >= 0.6 is 0 Å². The van der Waals surface area contributed by atoms with Crippen LogP contribution in [0.5, 0.6) is 5.75 Å². The minimum Gasteiger partial charge on any atom is -0.495 e. The lowest BCUT2D eigenvalue weighted by molar-refractivity contribution is -0.242. The summed E-state index contributed by atoms with van der Waals surface area (Å²) in [6, 6.07) is 10.4. The van der Waals surface area contributed by atoms with Crippen LogP contribution in [0.1, 0.15) is 6.92 Å². The summed E-state index contributed by atoms with van der Waals surface area (Å²) in [6.45, 7) is 0.322. The van der Waals surface area contributed by atoms with E-state index in [2.05, 4.69) is 0 Å². The van der Waals surface area contributed by atoms with Crippen molar-refractivity contribution in [3.05, 3.63) is 48.5 Å². The number of sulfone groups is 1. The zero-order valence-electron chi connectivity index (χ0n) is 14.2. The van der Waals surface area contributed by atoms with E-state index >= 15 is 0 Å². The van der Waals surface area contributed by atoms with Gasteiger partial charge < -0.3 is 15.2 Å². The molecule has 1 unspecified atom stereocenters. The number of carbonyl (C=O) groups is 1. The van der Waals surface area contributed by atoms with Crippen LogP contribution in [-0.4, -0.2) is 38.3 Å². The van der Waals surface area contributed by atoms with E-state index in [0.717, 1.165) is 24.3 Å². The van der Waals surface area contributed by atoms with Gasteiger partial charge in [-0.1, -0.05) is 12.1 Å². The SMILES string of the molecule is COc1ccccc1S(=O)(=O)c1ccc(NC(=O)C(C)(O)C(F)(F)F)cc1. The monoisotopic (exact) mass is 403 g/mol. The third-order valence-corrected chi connectivity index (χ3v) is 5.58. The summed E-state index contributed by atoms with van der Waals surface area (Å²) in [5, 5.41) is 11.2. The van der Waals surface area contributed by atoms with Gasteiger partial charge >= 0.3 is 6.18 Å². The van der Waals surface area contributed by atoms with Crippen LogP contribution in [0, 0.1) is 0 Å². The highest BCUT2D eigenvalue weighted by molar-refractivity contribution is 7.91. The third-order valence-electron chi connectivity index (χ3n) is 3.78. The molecule has 146 valence electrons. The highest BCUT2D eigenvalue weighted by atomic mass is 32.2. The van der Waals surface area contributed by atoms with E-state index in [-0.39, 0.29) is 21.2 Å². The quantitative estimate of drug-likeness (QED) is 0.801. The largest absolute Gasteiger partial charge is 0.495 e. The van der Waals surface area contributed by atoms with Gasteiger partial charge in [-0.25, -0.2) is 8.42 Å². The van der Waals surface area contributed by atoms with E-state index < -0.39 is 27.5 Å². The average Bonchev–Trinajstić information content (AvgIpc) is 2.61. The Balaban J connectivity index is 2.29. The van der Waals surface area contributed by atoms with Gasteiger partial charge in [0.1, 0.15) is 10.6 Å². The molecule has 0 aromatic heterocycles. The Bertz CT molecular complexity index is 938. The smallest absolute Gasteiger partial charge is 0.426 e. The number of benzene rings is 2. The molecule has 2 aromatic rings. The van der Waals surface area contributed by atoms with E-state index in [0.29, 0.717) is 6.92 Å². The minimum atomic E-state index is -5.16. The maximum absolute atomic E-state index is 12.7. The molecule has 0 bridgehead atoms. The van der Waals surface area contributed by atoms with E-state index in [9.17, 15) is 31.5 Å². The Labute approximate surface area is 153 Å². The molecule has 0 radical (unpaired) electrons. The van der Waals surface area contributed by atoms with Crippen molar-refractivity contribution in [2.45, 2.75) is 28.5 Å². The first-order valence-corrected chi connectivity index (χ1v) is 8.98. The van der Waals surface area contributed by atoms with Gasteiger partial charge in [-0.15, -0.1) is 0 Å². The Morgan fingerprint density at radius 1 is 1.07 bits per heavy atom. The molecule has 0 fully saturated rings. The Morgan fingerprint density at radius 2 is 1.63 bits per heavy atom. The second-order valence-corrected chi connectivity index (χ2v) is 7.62. The van der Waals surface area contributed by atoms with Gasteiger partial charge in [0.25, 0.3) is 5.91 Å². The van der Waals surface area contributed by atoms with E-state index in [1.54, 1.807) is 6.07 Å². The first-order valence-electron chi connectivity index (χ1n) is 7.50. The van der Waals surface area contributed by atoms with Gasteiger partial charge in [0.2, 0.25) is 15.4 Å². The number of methoxy groups -OCH3 is 1. The van der Waals surface area contributed by atoms with Crippen molar-refractivity contribution in [3.63, 3.8) is 0 Å². The van der Waals surface area contributed by atoms with E-state index in [1.165, 1.54) is 25.3 Å². The summed E-state index contributed by atoms with van der Waals surface area (Å²) in [6.07, 6.45) is -5.16. The molecule has 1 amide bonds. The van der Waals surface area contributed by atoms with Gasteiger partial charge in [0.15, 0.2) is 0 Å². The first kappa shape index (κ1) is 20.7. The number of halogens is 3. The zero-order valence-corrected chi connectivity index (χ0v) is 15.1. The number of alkyl halides is 3. The standard InChI is InChI=1S/C17H16F3NO5S/c1-16(23,17(18,19)20)15(22)21-11-7-9-12(10-8-11)27(24,25)14-6-4-3-5-13(14)26-2/h3-10,23H,1-2H3,(H,21,22). The van der Waals surface area contributed by atoms with Gasteiger partial charge in [-0.2, -0.15) is 13.2 Å². The first-order chi connectivity index (χ1) is 12.4. The van der Waals surface area contributed by atoms with Gasteiger partial charge in [0.05, 0.1) is 12.0 Å². The summed E-state index contributed by atoms with van der Waals surface area (Å²) >= 11 is 0. The highest BCUT2D eigenvalue weighted by Crippen LogP contribution is 2.32. The van der Waals surface area contributed by atoms with Crippen molar-refractivity contribution in [3.8, 4) is 5.75 Å². The fourth-order valence-electron chi connectivity index (χ4n) is 2.07. The van der Waals surface area contributed by atoms with Crippen molar-refractivity contribution in [2.75, 3.05) is 12.4 Å². The van der Waals surface area contributed by atoms with Crippen molar-refractivity contribution in [1.82, 2.24) is 0 Å². The highest BCUT2D eigenvalue weighted by Gasteiger charge is 2.55. The molecule has 2 N–H and O–H groups in total. The second kappa shape index (κ2) is 7.20. The maximum atomic E-state index is 12.7. The number of hydrogen-bond acceptors (Lipinski definition) is 5. The molecular weight excluding hydrogens is 387 g/mol. The maximum Gasteiger partial charge on any atom is 0.426 e. The Kier molecular flexibility index (Phi) is 5.52. The number of rotatable bonds is 5. The topological polar surface area (TPSA) is 92.7 Å². The number of amides is 1. The average molecular weight is 403 g/mol. The molecule has 0 aliphatic rings. The molecule has 0 spiro atoms. The van der Waals surface area contributed by atoms with Gasteiger partial charge in [-0.3, -0.25) is 4.79 Å². The molecular formula is C17H16F3NO5S. The molecule has 27 heavy (non-hydrogen) atoms. The lowest BCUT2D eigenvalue weighted by Crippen LogP contribution is -2.52. The number of anilines is 1. The third kappa shape index (κ3) is 4.06. The normalized spacial score (nSPS) is 14.3. The molecule has 2 aromatic carbocycles. The lowest BCUT2D eigenvalue weighted by atomic mass is 10.1. The van der Waals surface area contributed by atoms with Crippen LogP contribution in [0.2, 0.25) is 0 Å². The van der Waals surface area contributed by atoms with Crippen LogP contribution in [0.4, 0.5) is 18.9 Å². The van der Waals surface area contributed by atoms with E-state index in [4.69, 9.17) is 4.74 Å². The summed E-state index contributed by atoms with van der Waals surface area (Å²) in [4.78, 5) is 11.4. The Morgan fingerprint density at radius 3 is 2.15 bits per heavy atom. The number of aliphatic hydroxyl groups is 1. The van der Waals surface area contributed by atoms with E-state index in [1.807, 2.05) is 5.32 Å². The number of hydrogen-bond donors (Lipinski definition) is 2. The summed E-state index contributed by atoms with van der Waals surface area (Å²) in [7, 11) is -2.63. The van der Waals surface area contributed by atoms with Crippen LogP contribution in [0.15, 0.2) is 58.3 Å². The predicted molar refractivity (Wildman–Crippen MR) is 90.2 cm³/mol. The summed E-state index contributed by atoms with van der Waals surface area (Å²) in [5.74, 6) is -1.55. The molecule has 6 nitrogen and oxygen atoms in total. The number of ether oxygens (including phenoxy) is 1. The van der Waals surface area contributed by atoms with Crippen LogP contribution in [-0.2, 0) is 14.6 Å². The molecule has 10 heteroatoms. The molecule has 2 rings (SSSR count). The fraction of sp³-hybridized carbons (Fsp3) is 0.235. The van der Waals surface area contributed by atoms with Crippen molar-refractivity contribution >= 4 is 21.4 Å². The zero-order chi connectivity index (χ0) is 20.5. The summed E-state index contributed by atoms with van der Waals surface area (Å²) in [5.41, 5.74) is -3.70. The second-order valence-electron chi connectivity index (χ2n) is 5.70. The number of carbonyl (C=O) groups excluding carboxylic acids is 1. The van der Waals surface area contributed by atoms with Crippen LogP contribution < -0.4 is 10.1 Å². The van der Waals surface area contributed by atoms with Crippen molar-refractivity contribution in [1.29, 1.82) is 0 Å². The minimum absolute atomic E-state index is 0.0794. The van der Waals surface area contributed by atoms with Crippen LogP contribution in [0.3, 0.4) is 0 Å². The Hall–Kier alpha value is -2.59. The molecule has 0 saturated heterocycles. The predicted octanol–water partition coefficient (Wildman–Crippen LogP) is 2.78. The molecule has 0 aliphatic carbocycles. The van der Waals surface area contributed by atoms with Gasteiger partial charge in [-0.05, 0) is 43.3 Å². The fourth-order valence-corrected chi connectivity index (χ4v) is 3.49. The van der Waals surface area contributed by atoms with Crippen molar-refractivity contribution in [2.24, 2.45) is 0 Å². The van der Waals surface area contributed by atoms with Crippen LogP contribution in [0.25, 0.3) is 0 Å². The number of para-hydroxylation sites is 1. The lowest BCUT2D eigenvalue weighted by Gasteiger charge is -2.24.